The smallest absolute Gasteiger partial charge is 0.0136 e. The molecule has 0 aromatic carbocycles. The minimum absolute atomic E-state index is 0.754. The van der Waals surface area contributed by atoms with Crippen LogP contribution in [-0.4, -0.2) is 30.6 Å². The molecule has 0 aliphatic heterocycles. The van der Waals surface area contributed by atoms with E-state index in [9.17, 15) is 0 Å². The van der Waals surface area contributed by atoms with Crippen LogP contribution in [0.5, 0.6) is 0 Å². The number of hydrogen-bond acceptors (Lipinski definition) is 2. The van der Waals surface area contributed by atoms with Crippen LogP contribution in [0.2, 0.25) is 0 Å². The molecule has 0 spiro atoms. The molecule has 2 fully saturated rings. The first-order chi connectivity index (χ1) is 8.13. The zero-order valence-corrected chi connectivity index (χ0v) is 11.9. The van der Waals surface area contributed by atoms with Gasteiger partial charge in [-0.2, -0.15) is 0 Å². The summed E-state index contributed by atoms with van der Waals surface area (Å²) in [6, 6.07) is 1.56. The second-order valence-corrected chi connectivity index (χ2v) is 6.62. The van der Waals surface area contributed by atoms with Crippen LogP contribution in [0.4, 0.5) is 0 Å². The lowest BCUT2D eigenvalue weighted by Crippen LogP contribution is -2.48. The van der Waals surface area contributed by atoms with Crippen molar-refractivity contribution in [2.45, 2.75) is 64.5 Å². The molecular weight excluding hydrogens is 208 g/mol. The SMILES string of the molecule is CC1CCC(C)C(N(C)C2CCCC2CN)C1. The maximum Gasteiger partial charge on any atom is 0.0136 e. The molecule has 2 heteroatoms. The highest BCUT2D eigenvalue weighted by atomic mass is 15.2. The minimum Gasteiger partial charge on any atom is -0.330 e. The summed E-state index contributed by atoms with van der Waals surface area (Å²) in [7, 11) is 2.36. The van der Waals surface area contributed by atoms with E-state index in [-0.39, 0.29) is 0 Å². The van der Waals surface area contributed by atoms with Crippen molar-refractivity contribution in [1.29, 1.82) is 0 Å². The molecule has 17 heavy (non-hydrogen) atoms. The van der Waals surface area contributed by atoms with Crippen molar-refractivity contribution in [2.75, 3.05) is 13.6 Å². The lowest BCUT2D eigenvalue weighted by Gasteiger charge is -2.43. The van der Waals surface area contributed by atoms with Crippen LogP contribution < -0.4 is 5.73 Å². The van der Waals surface area contributed by atoms with Crippen LogP contribution in [0, 0.1) is 17.8 Å². The molecule has 0 radical (unpaired) electrons. The van der Waals surface area contributed by atoms with E-state index in [4.69, 9.17) is 5.73 Å². The summed E-state index contributed by atoms with van der Waals surface area (Å²) >= 11 is 0. The molecule has 0 amide bonds. The van der Waals surface area contributed by atoms with E-state index in [1.807, 2.05) is 0 Å². The number of rotatable bonds is 3. The molecule has 5 unspecified atom stereocenters. The Morgan fingerprint density at radius 3 is 2.53 bits per heavy atom. The molecule has 100 valence electrons. The van der Waals surface area contributed by atoms with Crippen molar-refractivity contribution >= 4 is 0 Å². The molecule has 0 aromatic heterocycles. The molecule has 2 rings (SSSR count). The lowest BCUT2D eigenvalue weighted by molar-refractivity contribution is 0.0630. The Morgan fingerprint density at radius 2 is 1.82 bits per heavy atom. The Hall–Kier alpha value is -0.0800. The average Bonchev–Trinajstić information content (AvgIpc) is 2.79. The average molecular weight is 238 g/mol. The second kappa shape index (κ2) is 5.71. The fourth-order valence-corrected chi connectivity index (χ4v) is 4.14. The summed E-state index contributed by atoms with van der Waals surface area (Å²) in [4.78, 5) is 2.70. The summed E-state index contributed by atoms with van der Waals surface area (Å²) in [5, 5.41) is 0. The predicted octanol–water partition coefficient (Wildman–Crippen LogP) is 2.87. The third kappa shape index (κ3) is 2.85. The van der Waals surface area contributed by atoms with E-state index < -0.39 is 0 Å². The van der Waals surface area contributed by atoms with Gasteiger partial charge in [-0.1, -0.05) is 26.7 Å². The van der Waals surface area contributed by atoms with Crippen LogP contribution in [-0.2, 0) is 0 Å². The van der Waals surface area contributed by atoms with Gasteiger partial charge >= 0.3 is 0 Å². The molecule has 5 atom stereocenters. The zero-order valence-electron chi connectivity index (χ0n) is 11.9. The van der Waals surface area contributed by atoms with Crippen molar-refractivity contribution in [3.05, 3.63) is 0 Å². The van der Waals surface area contributed by atoms with Gasteiger partial charge < -0.3 is 5.73 Å². The van der Waals surface area contributed by atoms with E-state index in [2.05, 4.69) is 25.8 Å². The summed E-state index contributed by atoms with van der Waals surface area (Å²) in [6.45, 7) is 5.74. The normalized spacial score (nSPS) is 43.2. The summed E-state index contributed by atoms with van der Waals surface area (Å²) < 4.78 is 0. The highest BCUT2D eigenvalue weighted by Gasteiger charge is 2.36. The third-order valence-corrected chi connectivity index (χ3v) is 5.38. The predicted molar refractivity (Wildman–Crippen MR) is 73.9 cm³/mol. The van der Waals surface area contributed by atoms with Crippen molar-refractivity contribution in [3.8, 4) is 0 Å². The Labute approximate surface area is 107 Å². The van der Waals surface area contributed by atoms with Gasteiger partial charge in [0.25, 0.3) is 0 Å². The number of nitrogens with zero attached hydrogens (tertiary/aromatic N) is 1. The summed E-state index contributed by atoms with van der Waals surface area (Å²) in [6.07, 6.45) is 8.34. The first-order valence-electron chi connectivity index (χ1n) is 7.55. The van der Waals surface area contributed by atoms with E-state index in [0.29, 0.717) is 0 Å². The molecule has 2 aliphatic rings. The molecule has 0 heterocycles. The highest BCUT2D eigenvalue weighted by molar-refractivity contribution is 4.91. The fraction of sp³-hybridized carbons (Fsp3) is 1.00. The van der Waals surface area contributed by atoms with Crippen molar-refractivity contribution < 1.29 is 0 Å². The van der Waals surface area contributed by atoms with Gasteiger partial charge in [-0.3, -0.25) is 4.90 Å². The van der Waals surface area contributed by atoms with Crippen molar-refractivity contribution in [3.63, 3.8) is 0 Å². The van der Waals surface area contributed by atoms with Gasteiger partial charge in [0.1, 0.15) is 0 Å². The monoisotopic (exact) mass is 238 g/mol. The van der Waals surface area contributed by atoms with Crippen LogP contribution >= 0.6 is 0 Å². The van der Waals surface area contributed by atoms with Gasteiger partial charge in [-0.25, -0.2) is 0 Å². The van der Waals surface area contributed by atoms with Crippen molar-refractivity contribution in [1.82, 2.24) is 4.90 Å². The van der Waals surface area contributed by atoms with E-state index in [1.165, 1.54) is 38.5 Å². The largest absolute Gasteiger partial charge is 0.330 e. The Bertz CT molecular complexity index is 241. The Balaban J connectivity index is 1.99. The molecule has 2 nitrogen and oxygen atoms in total. The van der Waals surface area contributed by atoms with Gasteiger partial charge in [0.2, 0.25) is 0 Å². The topological polar surface area (TPSA) is 29.3 Å². The molecule has 0 bridgehead atoms. The first-order valence-corrected chi connectivity index (χ1v) is 7.55. The molecule has 2 N–H and O–H groups in total. The maximum absolute atomic E-state index is 5.93. The van der Waals surface area contributed by atoms with E-state index in [0.717, 1.165) is 36.4 Å². The van der Waals surface area contributed by atoms with Gasteiger partial charge in [0, 0.05) is 12.1 Å². The molecule has 0 aromatic rings. The molecule has 2 saturated carbocycles. The molecular formula is C15H30N2. The zero-order chi connectivity index (χ0) is 12.4. The van der Waals surface area contributed by atoms with Crippen LogP contribution in [0.3, 0.4) is 0 Å². The third-order valence-electron chi connectivity index (χ3n) is 5.38. The van der Waals surface area contributed by atoms with Gasteiger partial charge in [0.05, 0.1) is 0 Å². The first kappa shape index (κ1) is 13.4. The van der Waals surface area contributed by atoms with Crippen LogP contribution in [0.1, 0.15) is 52.4 Å². The van der Waals surface area contributed by atoms with E-state index >= 15 is 0 Å². The maximum atomic E-state index is 5.93. The van der Waals surface area contributed by atoms with E-state index in [1.54, 1.807) is 0 Å². The Kier molecular flexibility index (Phi) is 4.48. The number of nitrogens with two attached hydrogens (primary N) is 1. The highest BCUT2D eigenvalue weighted by Crippen LogP contribution is 2.36. The quantitative estimate of drug-likeness (QED) is 0.819. The van der Waals surface area contributed by atoms with Gasteiger partial charge in [-0.05, 0) is 57.0 Å². The standard InChI is InChI=1S/C15H30N2/c1-11-7-8-12(2)15(9-11)17(3)14-6-4-5-13(14)10-16/h11-15H,4-10,16H2,1-3H3. The fourth-order valence-electron chi connectivity index (χ4n) is 4.14. The van der Waals surface area contributed by atoms with Gasteiger partial charge in [0.15, 0.2) is 0 Å². The Morgan fingerprint density at radius 1 is 1.06 bits per heavy atom. The molecule has 2 aliphatic carbocycles. The minimum atomic E-state index is 0.754. The molecule has 0 saturated heterocycles. The summed E-state index contributed by atoms with van der Waals surface area (Å²) in [5.74, 6) is 2.54. The lowest BCUT2D eigenvalue weighted by atomic mass is 9.78. The van der Waals surface area contributed by atoms with Crippen LogP contribution in [0.15, 0.2) is 0 Å². The second-order valence-electron chi connectivity index (χ2n) is 6.62. The number of hydrogen-bond donors (Lipinski definition) is 1. The van der Waals surface area contributed by atoms with Crippen LogP contribution in [0.25, 0.3) is 0 Å². The van der Waals surface area contributed by atoms with Gasteiger partial charge in [-0.15, -0.1) is 0 Å². The van der Waals surface area contributed by atoms with Crippen molar-refractivity contribution in [2.24, 2.45) is 23.5 Å². The summed E-state index contributed by atoms with van der Waals surface area (Å²) in [5.41, 5.74) is 5.93.